The maximum atomic E-state index is 4.26. The molecule has 0 aliphatic carbocycles. The van der Waals surface area contributed by atoms with Gasteiger partial charge in [-0.05, 0) is 32.2 Å². The van der Waals surface area contributed by atoms with Crippen LogP contribution in [0.1, 0.15) is 12.5 Å². The van der Waals surface area contributed by atoms with E-state index in [1.165, 1.54) is 5.56 Å². The molecule has 1 heterocycles. The van der Waals surface area contributed by atoms with Crippen LogP contribution in [0.2, 0.25) is 0 Å². The number of hydrogen-bond donors (Lipinski definition) is 1. The lowest BCUT2D eigenvalue weighted by molar-refractivity contribution is 0.615. The molecular weight excluding hydrogens is 194 g/mol. The molecule has 0 aliphatic heterocycles. The summed E-state index contributed by atoms with van der Waals surface area (Å²) >= 11 is 1.88. The van der Waals surface area contributed by atoms with E-state index in [1.807, 2.05) is 29.7 Å². The van der Waals surface area contributed by atoms with E-state index in [2.05, 4.69) is 29.8 Å². The smallest absolute Gasteiger partial charge is 0.0522 e. The molecule has 0 aliphatic rings. The predicted octanol–water partition coefficient (Wildman–Crippen LogP) is 1.40. The summed E-state index contributed by atoms with van der Waals surface area (Å²) in [4.78, 5) is 0. The minimum atomic E-state index is 0.555. The lowest BCUT2D eigenvalue weighted by Crippen LogP contribution is -2.29. The molecule has 0 aromatic carbocycles. The monoisotopic (exact) mass is 213 g/mol. The molecule has 4 heteroatoms. The lowest BCUT2D eigenvalue weighted by Gasteiger charge is -2.12. The molecule has 0 bridgehead atoms. The largest absolute Gasteiger partial charge is 0.316 e. The molecule has 1 atom stereocenters. The first-order chi connectivity index (χ1) is 6.80. The Bertz CT molecular complexity index is 260. The van der Waals surface area contributed by atoms with Crippen molar-refractivity contribution in [1.29, 1.82) is 0 Å². The Morgan fingerprint density at radius 1 is 1.64 bits per heavy atom. The summed E-state index contributed by atoms with van der Waals surface area (Å²) in [6, 6.07) is 0.555. The van der Waals surface area contributed by atoms with Crippen LogP contribution >= 0.6 is 11.8 Å². The highest BCUT2D eigenvalue weighted by Gasteiger charge is 2.07. The highest BCUT2D eigenvalue weighted by molar-refractivity contribution is 7.98. The Morgan fingerprint density at radius 2 is 2.43 bits per heavy atom. The zero-order valence-electron chi connectivity index (χ0n) is 9.16. The van der Waals surface area contributed by atoms with Crippen LogP contribution in [0, 0.1) is 0 Å². The molecule has 3 nitrogen and oxygen atoms in total. The van der Waals surface area contributed by atoms with E-state index in [4.69, 9.17) is 0 Å². The highest BCUT2D eigenvalue weighted by atomic mass is 32.2. The van der Waals surface area contributed by atoms with Gasteiger partial charge in [-0.2, -0.15) is 16.9 Å². The maximum Gasteiger partial charge on any atom is 0.0522 e. The standard InChI is InChI=1S/C10H19N3S/c1-4-13-7-9(6-12-13)5-10(11-2)8-14-3/h6-7,10-11H,4-5,8H2,1-3H3. The second kappa shape index (κ2) is 6.09. The third-order valence-corrected chi connectivity index (χ3v) is 3.00. The van der Waals surface area contributed by atoms with Crippen LogP contribution in [0.5, 0.6) is 0 Å². The Kier molecular flexibility index (Phi) is 5.04. The number of aromatic nitrogens is 2. The van der Waals surface area contributed by atoms with Crippen LogP contribution in [-0.4, -0.2) is 34.9 Å². The van der Waals surface area contributed by atoms with Gasteiger partial charge < -0.3 is 5.32 Å². The number of thioether (sulfide) groups is 1. The van der Waals surface area contributed by atoms with Gasteiger partial charge in [-0.3, -0.25) is 4.68 Å². The molecule has 0 saturated heterocycles. The van der Waals surface area contributed by atoms with Gasteiger partial charge in [0.15, 0.2) is 0 Å². The van der Waals surface area contributed by atoms with Gasteiger partial charge in [0.1, 0.15) is 0 Å². The molecule has 0 radical (unpaired) electrons. The molecule has 1 rings (SSSR count). The molecule has 0 spiro atoms. The second-order valence-corrected chi connectivity index (χ2v) is 4.26. The molecule has 1 aromatic heterocycles. The first-order valence-corrected chi connectivity index (χ1v) is 6.37. The molecule has 0 saturated carbocycles. The van der Waals surface area contributed by atoms with Gasteiger partial charge in [-0.25, -0.2) is 0 Å². The summed E-state index contributed by atoms with van der Waals surface area (Å²) in [7, 11) is 2.02. The average molecular weight is 213 g/mol. The number of hydrogen-bond acceptors (Lipinski definition) is 3. The van der Waals surface area contributed by atoms with Crippen LogP contribution in [-0.2, 0) is 13.0 Å². The van der Waals surface area contributed by atoms with Crippen molar-refractivity contribution in [3.05, 3.63) is 18.0 Å². The first kappa shape index (κ1) is 11.6. The van der Waals surface area contributed by atoms with Gasteiger partial charge in [0.05, 0.1) is 6.20 Å². The van der Waals surface area contributed by atoms with Crippen molar-refractivity contribution < 1.29 is 0 Å². The third kappa shape index (κ3) is 3.35. The number of rotatable bonds is 6. The summed E-state index contributed by atoms with van der Waals surface area (Å²) in [5.74, 6) is 1.15. The van der Waals surface area contributed by atoms with Crippen molar-refractivity contribution in [2.24, 2.45) is 0 Å². The van der Waals surface area contributed by atoms with Gasteiger partial charge in [0, 0.05) is 24.5 Å². The fourth-order valence-electron chi connectivity index (χ4n) is 1.41. The van der Waals surface area contributed by atoms with Crippen LogP contribution in [0.25, 0.3) is 0 Å². The van der Waals surface area contributed by atoms with Crippen molar-refractivity contribution >= 4 is 11.8 Å². The van der Waals surface area contributed by atoms with Gasteiger partial charge in [0.2, 0.25) is 0 Å². The average Bonchev–Trinajstić information content (AvgIpc) is 2.65. The maximum absolute atomic E-state index is 4.26. The molecule has 0 fully saturated rings. The topological polar surface area (TPSA) is 29.9 Å². The number of likely N-dealkylation sites (N-methyl/N-ethyl adjacent to an activating group) is 1. The molecule has 1 unspecified atom stereocenters. The van der Waals surface area contributed by atoms with E-state index >= 15 is 0 Å². The van der Waals surface area contributed by atoms with E-state index in [9.17, 15) is 0 Å². The summed E-state index contributed by atoms with van der Waals surface area (Å²) in [6.07, 6.45) is 7.30. The first-order valence-electron chi connectivity index (χ1n) is 4.97. The summed E-state index contributed by atoms with van der Waals surface area (Å²) in [5.41, 5.74) is 1.32. The molecule has 80 valence electrons. The second-order valence-electron chi connectivity index (χ2n) is 3.35. The Labute approximate surface area is 90.3 Å². The fraction of sp³-hybridized carbons (Fsp3) is 0.700. The van der Waals surface area contributed by atoms with Gasteiger partial charge in [-0.1, -0.05) is 0 Å². The van der Waals surface area contributed by atoms with Crippen molar-refractivity contribution in [2.45, 2.75) is 25.9 Å². The molecule has 1 aromatic rings. The summed E-state index contributed by atoms with van der Waals surface area (Å²) < 4.78 is 1.97. The number of nitrogens with zero attached hydrogens (tertiary/aromatic N) is 2. The van der Waals surface area contributed by atoms with Crippen LogP contribution in [0.4, 0.5) is 0 Å². The van der Waals surface area contributed by atoms with E-state index in [0.29, 0.717) is 6.04 Å². The van der Waals surface area contributed by atoms with Gasteiger partial charge in [-0.15, -0.1) is 0 Å². The van der Waals surface area contributed by atoms with Crippen molar-refractivity contribution in [1.82, 2.24) is 15.1 Å². The van der Waals surface area contributed by atoms with E-state index in [-0.39, 0.29) is 0 Å². The van der Waals surface area contributed by atoms with Crippen molar-refractivity contribution in [3.8, 4) is 0 Å². The third-order valence-electron chi connectivity index (χ3n) is 2.27. The molecule has 1 N–H and O–H groups in total. The molecule has 0 amide bonds. The van der Waals surface area contributed by atoms with Crippen LogP contribution < -0.4 is 5.32 Å². The number of nitrogens with one attached hydrogen (secondary N) is 1. The normalized spacial score (nSPS) is 13.1. The zero-order chi connectivity index (χ0) is 10.4. The Balaban J connectivity index is 2.48. The minimum absolute atomic E-state index is 0.555. The van der Waals surface area contributed by atoms with Crippen molar-refractivity contribution in [3.63, 3.8) is 0 Å². The molecule has 14 heavy (non-hydrogen) atoms. The van der Waals surface area contributed by atoms with Crippen LogP contribution in [0.15, 0.2) is 12.4 Å². The van der Waals surface area contributed by atoms with Gasteiger partial charge >= 0.3 is 0 Å². The SMILES string of the molecule is CCn1cc(CC(CSC)NC)cn1. The van der Waals surface area contributed by atoms with E-state index in [0.717, 1.165) is 18.7 Å². The van der Waals surface area contributed by atoms with E-state index < -0.39 is 0 Å². The van der Waals surface area contributed by atoms with E-state index in [1.54, 1.807) is 0 Å². The predicted molar refractivity (Wildman–Crippen MR) is 62.8 cm³/mol. The Morgan fingerprint density at radius 3 is 2.93 bits per heavy atom. The minimum Gasteiger partial charge on any atom is -0.316 e. The number of aryl methyl sites for hydroxylation is 1. The van der Waals surface area contributed by atoms with Crippen LogP contribution in [0.3, 0.4) is 0 Å². The fourth-order valence-corrected chi connectivity index (χ4v) is 2.10. The Hall–Kier alpha value is -0.480. The summed E-state index contributed by atoms with van der Waals surface area (Å²) in [5, 5.41) is 7.59. The van der Waals surface area contributed by atoms with Gasteiger partial charge in [0.25, 0.3) is 0 Å². The quantitative estimate of drug-likeness (QED) is 0.774. The zero-order valence-corrected chi connectivity index (χ0v) is 9.97. The lowest BCUT2D eigenvalue weighted by atomic mass is 10.1. The summed E-state index contributed by atoms with van der Waals surface area (Å²) in [6.45, 7) is 3.06. The van der Waals surface area contributed by atoms with Crippen molar-refractivity contribution in [2.75, 3.05) is 19.1 Å². The molecular formula is C10H19N3S. The highest BCUT2D eigenvalue weighted by Crippen LogP contribution is 2.06.